The zero-order chi connectivity index (χ0) is 24.7. The van der Waals surface area contributed by atoms with E-state index in [0.717, 1.165) is 64.2 Å². The van der Waals surface area contributed by atoms with Crippen LogP contribution in [0.2, 0.25) is 0 Å². The van der Waals surface area contributed by atoms with Crippen molar-refractivity contribution in [3.05, 3.63) is 70.7 Å². The second-order valence-electron chi connectivity index (χ2n) is 10.3. The molecule has 0 saturated carbocycles. The molecule has 0 fully saturated rings. The lowest BCUT2D eigenvalue weighted by Crippen LogP contribution is -2.13. The van der Waals surface area contributed by atoms with Gasteiger partial charge in [-0.25, -0.2) is 9.97 Å². The maximum absolute atomic E-state index is 5.13. The van der Waals surface area contributed by atoms with Gasteiger partial charge in [0.15, 0.2) is 0 Å². The van der Waals surface area contributed by atoms with Crippen molar-refractivity contribution in [2.75, 3.05) is 0 Å². The number of rotatable bonds is 6. The highest BCUT2D eigenvalue weighted by Gasteiger charge is 2.25. The predicted octanol–water partition coefficient (Wildman–Crippen LogP) is 8.60. The molecule has 0 bridgehead atoms. The fourth-order valence-corrected chi connectivity index (χ4v) is 5.43. The summed E-state index contributed by atoms with van der Waals surface area (Å²) < 4.78 is 5.77. The van der Waals surface area contributed by atoms with Crippen LogP contribution in [0.25, 0.3) is 44.8 Å². The Kier molecular flexibility index (Phi) is 6.30. The molecule has 0 aliphatic rings. The molecule has 0 aliphatic heterocycles. The smallest absolute Gasteiger partial charge is 0.142 e. The van der Waals surface area contributed by atoms with Crippen molar-refractivity contribution in [2.24, 2.45) is 0 Å². The van der Waals surface area contributed by atoms with Crippen molar-refractivity contribution in [1.82, 2.24) is 19.1 Å². The number of aromatic nitrogens is 4. The van der Waals surface area contributed by atoms with Crippen molar-refractivity contribution in [1.29, 1.82) is 0 Å². The summed E-state index contributed by atoms with van der Waals surface area (Å²) in [6.45, 7) is 13.1. The third-order valence-corrected chi connectivity index (χ3v) is 7.48. The Hall–Kier alpha value is -2.92. The number of imidazole rings is 2. The fourth-order valence-electron chi connectivity index (χ4n) is 4.85. The van der Waals surface area contributed by atoms with E-state index >= 15 is 0 Å². The standard InChI is InChI=1S/C30H33BrN4/c1-6-16-34-25-14-10-8-12-23(25)32-28(34)21-18-20(30(3,4)5)19-22(27(21)31)29-33-24-13-9-11-15-26(24)35(29)17-7-2/h8-15,18-19H,6-7,16-17H2,1-5H3. The number of nitrogens with zero attached hydrogens (tertiary/aromatic N) is 4. The van der Waals surface area contributed by atoms with Crippen LogP contribution in [-0.2, 0) is 18.5 Å². The molecule has 5 rings (SSSR count). The molecule has 180 valence electrons. The average Bonchev–Trinajstić information content (AvgIpc) is 3.38. The van der Waals surface area contributed by atoms with Crippen LogP contribution in [-0.4, -0.2) is 19.1 Å². The molecule has 4 nitrogen and oxygen atoms in total. The lowest BCUT2D eigenvalue weighted by atomic mass is 9.84. The van der Waals surface area contributed by atoms with Gasteiger partial charge in [-0.15, -0.1) is 0 Å². The predicted molar refractivity (Wildman–Crippen MR) is 151 cm³/mol. The maximum atomic E-state index is 5.13. The summed E-state index contributed by atoms with van der Waals surface area (Å²) in [5.41, 5.74) is 7.91. The number of benzene rings is 3. The molecule has 5 heteroatoms. The molecule has 3 aromatic carbocycles. The molecular weight excluding hydrogens is 496 g/mol. The van der Waals surface area contributed by atoms with E-state index in [1.807, 2.05) is 0 Å². The van der Waals surface area contributed by atoms with E-state index in [-0.39, 0.29) is 5.41 Å². The van der Waals surface area contributed by atoms with Crippen molar-refractivity contribution in [2.45, 2.75) is 66.0 Å². The molecule has 2 aromatic heterocycles. The van der Waals surface area contributed by atoms with Crippen LogP contribution in [0, 0.1) is 0 Å². The van der Waals surface area contributed by atoms with E-state index in [4.69, 9.17) is 9.97 Å². The van der Waals surface area contributed by atoms with E-state index in [2.05, 4.69) is 120 Å². The fraction of sp³-hybridized carbons (Fsp3) is 0.333. The molecule has 0 unspecified atom stereocenters. The van der Waals surface area contributed by atoms with Crippen LogP contribution < -0.4 is 0 Å². The van der Waals surface area contributed by atoms with Gasteiger partial charge in [0.05, 0.1) is 22.1 Å². The van der Waals surface area contributed by atoms with Crippen LogP contribution in [0.3, 0.4) is 0 Å². The first-order chi connectivity index (χ1) is 16.8. The molecule has 0 atom stereocenters. The van der Waals surface area contributed by atoms with Crippen molar-refractivity contribution >= 4 is 38.0 Å². The van der Waals surface area contributed by atoms with Crippen LogP contribution in [0.4, 0.5) is 0 Å². The van der Waals surface area contributed by atoms with E-state index in [1.54, 1.807) is 0 Å². The van der Waals surface area contributed by atoms with Gasteiger partial charge in [0, 0.05) is 28.7 Å². The highest BCUT2D eigenvalue weighted by atomic mass is 79.9. The van der Waals surface area contributed by atoms with Crippen LogP contribution >= 0.6 is 15.9 Å². The monoisotopic (exact) mass is 528 g/mol. The zero-order valence-corrected chi connectivity index (χ0v) is 22.9. The topological polar surface area (TPSA) is 35.6 Å². The Morgan fingerprint density at radius 1 is 0.714 bits per heavy atom. The summed E-state index contributed by atoms with van der Waals surface area (Å²) in [6, 6.07) is 21.5. The molecule has 35 heavy (non-hydrogen) atoms. The second kappa shape index (κ2) is 9.27. The number of halogens is 1. The van der Waals surface area contributed by atoms with Crippen molar-refractivity contribution < 1.29 is 0 Å². The van der Waals surface area contributed by atoms with Gasteiger partial charge in [-0.05, 0) is 76.1 Å². The lowest BCUT2D eigenvalue weighted by Gasteiger charge is -2.23. The van der Waals surface area contributed by atoms with Crippen molar-refractivity contribution in [3.63, 3.8) is 0 Å². The number of hydrogen-bond donors (Lipinski definition) is 0. The molecule has 0 saturated heterocycles. The Bertz CT molecular complexity index is 1410. The third kappa shape index (κ3) is 4.20. The van der Waals surface area contributed by atoms with Gasteiger partial charge < -0.3 is 9.13 Å². The third-order valence-electron chi connectivity index (χ3n) is 6.62. The van der Waals surface area contributed by atoms with Crippen molar-refractivity contribution in [3.8, 4) is 22.8 Å². The quantitative estimate of drug-likeness (QED) is 0.221. The van der Waals surface area contributed by atoms with Crippen LogP contribution in [0.15, 0.2) is 65.1 Å². The molecular formula is C30H33BrN4. The summed E-state index contributed by atoms with van der Waals surface area (Å²) in [7, 11) is 0. The average molecular weight is 530 g/mol. The van der Waals surface area contributed by atoms with Gasteiger partial charge in [0.2, 0.25) is 0 Å². The minimum absolute atomic E-state index is 0.0204. The van der Waals surface area contributed by atoms with Gasteiger partial charge in [-0.1, -0.05) is 58.9 Å². The highest BCUT2D eigenvalue weighted by molar-refractivity contribution is 9.10. The SMILES string of the molecule is CCCn1c(-c2cc(C(C)(C)C)cc(-c3nc4ccccc4n3CCC)c2Br)nc2ccccc21. The van der Waals surface area contributed by atoms with Crippen LogP contribution in [0.5, 0.6) is 0 Å². The summed E-state index contributed by atoms with van der Waals surface area (Å²) in [5.74, 6) is 2.01. The number of aryl methyl sites for hydroxylation is 2. The number of para-hydroxylation sites is 4. The van der Waals surface area contributed by atoms with Gasteiger partial charge in [0.1, 0.15) is 11.6 Å². The lowest BCUT2D eigenvalue weighted by molar-refractivity contribution is 0.590. The molecule has 0 amide bonds. The second-order valence-corrected chi connectivity index (χ2v) is 11.1. The van der Waals surface area contributed by atoms with Crippen LogP contribution in [0.1, 0.15) is 53.0 Å². The van der Waals surface area contributed by atoms with E-state index < -0.39 is 0 Å². The summed E-state index contributed by atoms with van der Waals surface area (Å²) in [6.07, 6.45) is 2.09. The highest BCUT2D eigenvalue weighted by Crippen LogP contribution is 2.42. The molecule has 0 radical (unpaired) electrons. The zero-order valence-electron chi connectivity index (χ0n) is 21.3. The molecule has 2 heterocycles. The first kappa shape index (κ1) is 23.8. The van der Waals surface area contributed by atoms with E-state index in [9.17, 15) is 0 Å². The maximum Gasteiger partial charge on any atom is 0.142 e. The first-order valence-corrected chi connectivity index (χ1v) is 13.4. The normalized spacial score (nSPS) is 12.2. The Labute approximate surface area is 216 Å². The van der Waals surface area contributed by atoms with E-state index in [1.165, 1.54) is 16.6 Å². The van der Waals surface area contributed by atoms with Gasteiger partial charge >= 0.3 is 0 Å². The van der Waals surface area contributed by atoms with Gasteiger partial charge in [-0.3, -0.25) is 0 Å². The Morgan fingerprint density at radius 3 is 1.54 bits per heavy atom. The summed E-state index contributed by atoms with van der Waals surface area (Å²) in [5, 5.41) is 0. The van der Waals surface area contributed by atoms with Gasteiger partial charge in [0.25, 0.3) is 0 Å². The Morgan fingerprint density at radius 2 is 1.14 bits per heavy atom. The molecule has 0 N–H and O–H groups in total. The first-order valence-electron chi connectivity index (χ1n) is 12.6. The molecule has 5 aromatic rings. The van der Waals surface area contributed by atoms with Gasteiger partial charge in [-0.2, -0.15) is 0 Å². The Balaban J connectivity index is 1.84. The minimum Gasteiger partial charge on any atom is -0.324 e. The minimum atomic E-state index is -0.0204. The summed E-state index contributed by atoms with van der Waals surface area (Å²) >= 11 is 4.03. The number of hydrogen-bond acceptors (Lipinski definition) is 2. The largest absolute Gasteiger partial charge is 0.324 e. The molecule has 0 spiro atoms. The van der Waals surface area contributed by atoms with E-state index in [0.29, 0.717) is 0 Å². The number of fused-ring (bicyclic) bond motifs is 2. The molecule has 0 aliphatic carbocycles. The summed E-state index contributed by atoms with van der Waals surface area (Å²) in [4.78, 5) is 10.3.